The molecule has 2 aliphatic rings. The summed E-state index contributed by atoms with van der Waals surface area (Å²) in [4.78, 5) is 49.1. The van der Waals surface area contributed by atoms with E-state index in [1.807, 2.05) is 0 Å². The lowest BCUT2D eigenvalue weighted by atomic mass is 10.2. The minimum Gasteiger partial charge on any atom is -0.459 e. The maximum absolute atomic E-state index is 12.1. The smallest absolute Gasteiger partial charge is 0.326 e. The van der Waals surface area contributed by atoms with Gasteiger partial charge in [0, 0.05) is 5.92 Å². The van der Waals surface area contributed by atoms with Gasteiger partial charge in [0.25, 0.3) is 11.8 Å². The number of hydrogen-bond donors (Lipinski definition) is 1. The predicted molar refractivity (Wildman–Crippen MR) is 87.7 cm³/mol. The third-order valence-electron chi connectivity index (χ3n) is 3.03. The van der Waals surface area contributed by atoms with Gasteiger partial charge in [0.05, 0.1) is 6.34 Å². The Balaban J connectivity index is 2.18. The fraction of sp³-hybridized carbons (Fsp3) is 0.600. The van der Waals surface area contributed by atoms with Gasteiger partial charge in [-0.3, -0.25) is 24.7 Å². The van der Waals surface area contributed by atoms with E-state index in [0.29, 0.717) is 0 Å². The quantitative estimate of drug-likeness (QED) is 0.735. The molecule has 0 aromatic rings. The van der Waals surface area contributed by atoms with Gasteiger partial charge in [0.15, 0.2) is 6.04 Å². The summed E-state index contributed by atoms with van der Waals surface area (Å²) in [5.41, 5.74) is -0.616. The van der Waals surface area contributed by atoms with Crippen molar-refractivity contribution in [1.29, 1.82) is 0 Å². The van der Waals surface area contributed by atoms with Gasteiger partial charge in [-0.05, 0) is 20.8 Å². The minimum absolute atomic E-state index is 0.0929. The molecule has 1 unspecified atom stereocenters. The minimum atomic E-state index is -0.847. The Morgan fingerprint density at radius 2 is 2.08 bits per heavy atom. The van der Waals surface area contributed by atoms with E-state index in [0.717, 1.165) is 0 Å². The Morgan fingerprint density at radius 1 is 1.42 bits per heavy atom. The van der Waals surface area contributed by atoms with Crippen LogP contribution in [0.3, 0.4) is 0 Å². The van der Waals surface area contributed by atoms with Crippen molar-refractivity contribution in [2.45, 2.75) is 46.3 Å². The molecule has 2 heterocycles. The summed E-state index contributed by atoms with van der Waals surface area (Å²) >= 11 is 0. The molecular weight excluding hydrogens is 314 g/mol. The monoisotopic (exact) mass is 335 g/mol. The second-order valence-electron chi connectivity index (χ2n) is 6.77. The molecule has 9 nitrogen and oxygen atoms in total. The molecule has 0 saturated heterocycles. The Bertz CT molecular complexity index is 657. The first-order valence-electron chi connectivity index (χ1n) is 7.60. The first-order chi connectivity index (χ1) is 11.1. The largest absolute Gasteiger partial charge is 0.459 e. The average Bonchev–Trinajstić information content (AvgIpc) is 2.80. The van der Waals surface area contributed by atoms with Crippen LogP contribution in [-0.4, -0.2) is 59.0 Å². The highest BCUT2D eigenvalue weighted by molar-refractivity contribution is 6.24. The second kappa shape index (κ2) is 6.50. The standard InChI is InChI=1S/C15H21N5O4/c1-8(2)12(22)18-14-17-11-10(13(23)19-14)16-7-20(11)6-9(21)24-15(3,4)5/h7-8,10H,6H2,1-5H3,(H,18,19,22,23). The maximum Gasteiger partial charge on any atom is 0.326 e. The van der Waals surface area contributed by atoms with Crippen molar-refractivity contribution >= 4 is 35.9 Å². The molecule has 0 aromatic carbocycles. The van der Waals surface area contributed by atoms with Crippen molar-refractivity contribution in [2.75, 3.05) is 6.54 Å². The summed E-state index contributed by atoms with van der Waals surface area (Å²) < 4.78 is 5.25. The normalized spacial score (nSPS) is 21.7. The third kappa shape index (κ3) is 4.24. The van der Waals surface area contributed by atoms with Crippen molar-refractivity contribution in [1.82, 2.24) is 10.2 Å². The molecule has 2 aliphatic heterocycles. The van der Waals surface area contributed by atoms with E-state index in [9.17, 15) is 14.4 Å². The number of carbonyl (C=O) groups is 3. The zero-order chi connectivity index (χ0) is 18.1. The lowest BCUT2D eigenvalue weighted by Crippen LogP contribution is -2.50. The Morgan fingerprint density at radius 3 is 2.67 bits per heavy atom. The number of rotatable bonds is 3. The molecule has 0 bridgehead atoms. The molecule has 1 N–H and O–H groups in total. The molecule has 1 atom stereocenters. The Kier molecular flexibility index (Phi) is 4.81. The number of amidine groups is 1. The van der Waals surface area contributed by atoms with E-state index < -0.39 is 29.4 Å². The first kappa shape index (κ1) is 17.8. The van der Waals surface area contributed by atoms with Crippen LogP contribution in [0, 0.1) is 5.92 Å². The van der Waals surface area contributed by atoms with Gasteiger partial charge in [-0.15, -0.1) is 0 Å². The number of hydrogen-bond acceptors (Lipinski definition) is 6. The number of carbonyl (C=O) groups excluding carboxylic acids is 3. The molecular formula is C15H21N5O4. The zero-order valence-electron chi connectivity index (χ0n) is 14.4. The Labute approximate surface area is 139 Å². The van der Waals surface area contributed by atoms with Crippen molar-refractivity contribution in [3.8, 4) is 0 Å². The lowest BCUT2D eigenvalue weighted by molar-refractivity contribution is -0.154. The number of amides is 2. The van der Waals surface area contributed by atoms with Gasteiger partial charge in [0.1, 0.15) is 18.0 Å². The fourth-order valence-corrected chi connectivity index (χ4v) is 1.98. The number of esters is 1. The SMILES string of the molecule is CC(C)C(=O)N=C1N=C2C(N=CN2CC(=O)OC(C)(C)C)C(=O)N1. The van der Waals surface area contributed by atoms with E-state index in [-0.39, 0.29) is 24.3 Å². The predicted octanol–water partition coefficient (Wildman–Crippen LogP) is 0.108. The van der Waals surface area contributed by atoms with Gasteiger partial charge in [-0.1, -0.05) is 13.8 Å². The first-order valence-corrected chi connectivity index (χ1v) is 7.60. The van der Waals surface area contributed by atoms with Crippen LogP contribution in [0.25, 0.3) is 0 Å². The number of fused-ring (bicyclic) bond motifs is 1. The third-order valence-corrected chi connectivity index (χ3v) is 3.03. The van der Waals surface area contributed by atoms with Gasteiger partial charge >= 0.3 is 5.97 Å². The van der Waals surface area contributed by atoms with Gasteiger partial charge < -0.3 is 9.64 Å². The molecule has 0 radical (unpaired) electrons. The van der Waals surface area contributed by atoms with Gasteiger partial charge in [-0.25, -0.2) is 0 Å². The van der Waals surface area contributed by atoms with Crippen LogP contribution in [0.1, 0.15) is 34.6 Å². The van der Waals surface area contributed by atoms with Crippen LogP contribution in [0.5, 0.6) is 0 Å². The molecule has 24 heavy (non-hydrogen) atoms. The Hall–Kier alpha value is -2.58. The van der Waals surface area contributed by atoms with Gasteiger partial charge in [0.2, 0.25) is 5.96 Å². The van der Waals surface area contributed by atoms with Crippen LogP contribution in [0.4, 0.5) is 0 Å². The van der Waals surface area contributed by atoms with Crippen molar-refractivity contribution in [2.24, 2.45) is 20.9 Å². The van der Waals surface area contributed by atoms with E-state index in [1.54, 1.807) is 34.6 Å². The summed E-state index contributed by atoms with van der Waals surface area (Å²) in [6.07, 6.45) is 1.36. The number of ether oxygens (including phenoxy) is 1. The molecule has 0 fully saturated rings. The van der Waals surface area contributed by atoms with E-state index in [1.165, 1.54) is 11.2 Å². The molecule has 130 valence electrons. The molecule has 2 amide bonds. The summed E-state index contributed by atoms with van der Waals surface area (Å²) in [5.74, 6) is -1.47. The second-order valence-corrected chi connectivity index (χ2v) is 6.77. The number of nitrogens with one attached hydrogen (secondary N) is 1. The molecule has 0 aliphatic carbocycles. The van der Waals surface area contributed by atoms with Gasteiger partial charge in [-0.2, -0.15) is 9.98 Å². The highest BCUT2D eigenvalue weighted by Crippen LogP contribution is 2.14. The summed E-state index contributed by atoms with van der Waals surface area (Å²) in [6, 6.07) is -0.847. The van der Waals surface area contributed by atoms with Crippen molar-refractivity contribution in [3.63, 3.8) is 0 Å². The topological polar surface area (TPSA) is 113 Å². The highest BCUT2D eigenvalue weighted by atomic mass is 16.6. The lowest BCUT2D eigenvalue weighted by Gasteiger charge is -2.24. The van der Waals surface area contributed by atoms with Crippen molar-refractivity contribution < 1.29 is 19.1 Å². The molecule has 9 heteroatoms. The average molecular weight is 335 g/mol. The number of aliphatic imine (C=N–C) groups is 3. The maximum atomic E-state index is 12.1. The zero-order valence-corrected chi connectivity index (χ0v) is 14.4. The van der Waals surface area contributed by atoms with Crippen molar-refractivity contribution in [3.05, 3.63) is 0 Å². The number of nitrogens with zero attached hydrogens (tertiary/aromatic N) is 4. The summed E-state index contributed by atoms with van der Waals surface area (Å²) in [7, 11) is 0. The van der Waals surface area contributed by atoms with E-state index in [2.05, 4.69) is 20.3 Å². The van der Waals surface area contributed by atoms with Crippen LogP contribution in [-0.2, 0) is 19.1 Å². The number of guanidine groups is 1. The molecule has 0 spiro atoms. The fourth-order valence-electron chi connectivity index (χ4n) is 1.98. The molecule has 0 saturated carbocycles. The summed E-state index contributed by atoms with van der Waals surface area (Å²) in [6.45, 7) is 8.55. The highest BCUT2D eigenvalue weighted by Gasteiger charge is 2.38. The van der Waals surface area contributed by atoms with Crippen LogP contribution in [0.15, 0.2) is 15.0 Å². The van der Waals surface area contributed by atoms with Crippen LogP contribution in [0.2, 0.25) is 0 Å². The van der Waals surface area contributed by atoms with E-state index in [4.69, 9.17) is 4.74 Å². The molecule has 2 rings (SSSR count). The van der Waals surface area contributed by atoms with E-state index >= 15 is 0 Å². The summed E-state index contributed by atoms with van der Waals surface area (Å²) in [5, 5.41) is 2.43. The van der Waals surface area contributed by atoms with Crippen LogP contribution >= 0.6 is 0 Å². The molecule has 0 aromatic heterocycles. The van der Waals surface area contributed by atoms with Crippen LogP contribution < -0.4 is 5.32 Å².